The maximum absolute atomic E-state index is 10.3. The lowest BCUT2D eigenvalue weighted by Gasteiger charge is -2.28. The molecule has 1 heterocycles. The zero-order valence-electron chi connectivity index (χ0n) is 9.68. The molecule has 0 saturated carbocycles. The van der Waals surface area contributed by atoms with E-state index in [1.165, 1.54) is 19.3 Å². The van der Waals surface area contributed by atoms with Crippen LogP contribution in [-0.4, -0.2) is 36.9 Å². The minimum absolute atomic E-state index is 0.189. The molecule has 1 aliphatic heterocycles. The summed E-state index contributed by atoms with van der Waals surface area (Å²) in [6.07, 6.45) is 3.64. The van der Waals surface area contributed by atoms with Crippen LogP contribution in [0.15, 0.2) is 0 Å². The minimum Gasteiger partial charge on any atom is -0.450 e. The smallest absolute Gasteiger partial charge is 0.450 e. The van der Waals surface area contributed by atoms with Crippen molar-refractivity contribution >= 4 is 6.16 Å². The summed E-state index contributed by atoms with van der Waals surface area (Å²) in [5, 5.41) is 8.40. The van der Waals surface area contributed by atoms with Crippen molar-refractivity contribution < 1.29 is 24.1 Å². The van der Waals surface area contributed by atoms with Crippen molar-refractivity contribution in [2.24, 2.45) is 0 Å². The monoisotopic (exact) mass is 232 g/mol. The van der Waals surface area contributed by atoms with Crippen molar-refractivity contribution in [3.8, 4) is 0 Å². The van der Waals surface area contributed by atoms with Crippen LogP contribution in [0.4, 0.5) is 4.79 Å². The fourth-order valence-electron chi connectivity index (χ4n) is 1.64. The van der Waals surface area contributed by atoms with Gasteiger partial charge in [-0.1, -0.05) is 26.2 Å². The highest BCUT2D eigenvalue weighted by molar-refractivity contribution is 5.57. The van der Waals surface area contributed by atoms with Crippen molar-refractivity contribution in [1.29, 1.82) is 0 Å². The van der Waals surface area contributed by atoms with Gasteiger partial charge < -0.3 is 19.3 Å². The summed E-state index contributed by atoms with van der Waals surface area (Å²) >= 11 is 0. The second-order valence-electron chi connectivity index (χ2n) is 3.95. The number of ether oxygens (including phenoxy) is 3. The third-order valence-electron chi connectivity index (χ3n) is 2.50. The first kappa shape index (κ1) is 13.3. The highest BCUT2D eigenvalue weighted by Crippen LogP contribution is 2.15. The van der Waals surface area contributed by atoms with Gasteiger partial charge in [-0.2, -0.15) is 0 Å². The molecule has 16 heavy (non-hydrogen) atoms. The van der Waals surface area contributed by atoms with Crippen LogP contribution in [0.3, 0.4) is 0 Å². The maximum Gasteiger partial charge on any atom is 0.506 e. The van der Waals surface area contributed by atoms with Gasteiger partial charge in [0.15, 0.2) is 12.4 Å². The molecule has 0 bridgehead atoms. The van der Waals surface area contributed by atoms with Crippen LogP contribution < -0.4 is 0 Å². The molecule has 0 spiro atoms. The summed E-state index contributed by atoms with van der Waals surface area (Å²) in [5.74, 6) is 0. The first-order valence-corrected chi connectivity index (χ1v) is 5.85. The van der Waals surface area contributed by atoms with E-state index in [0.29, 0.717) is 13.2 Å². The lowest BCUT2D eigenvalue weighted by Crippen LogP contribution is -2.38. The maximum atomic E-state index is 10.3. The van der Waals surface area contributed by atoms with Gasteiger partial charge >= 0.3 is 6.16 Å². The Bertz CT molecular complexity index is 199. The van der Waals surface area contributed by atoms with Crippen LogP contribution in [0.25, 0.3) is 0 Å². The van der Waals surface area contributed by atoms with Crippen LogP contribution in [0.1, 0.15) is 39.0 Å². The third-order valence-corrected chi connectivity index (χ3v) is 2.50. The Morgan fingerprint density at radius 1 is 1.31 bits per heavy atom. The van der Waals surface area contributed by atoms with Gasteiger partial charge in [0.05, 0.1) is 13.2 Å². The van der Waals surface area contributed by atoms with E-state index in [-0.39, 0.29) is 6.29 Å². The van der Waals surface area contributed by atoms with Crippen molar-refractivity contribution in [2.45, 2.75) is 51.4 Å². The Labute approximate surface area is 95.7 Å². The van der Waals surface area contributed by atoms with Crippen LogP contribution in [0.2, 0.25) is 0 Å². The summed E-state index contributed by atoms with van der Waals surface area (Å²) in [7, 11) is 0. The molecule has 0 unspecified atom stereocenters. The molecule has 0 atom stereocenters. The second-order valence-corrected chi connectivity index (χ2v) is 3.95. The normalized spacial score (nSPS) is 25.3. The molecular formula is C11H20O5. The van der Waals surface area contributed by atoms with Gasteiger partial charge in [0.2, 0.25) is 0 Å². The summed E-state index contributed by atoms with van der Waals surface area (Å²) in [4.78, 5) is 10.3. The standard InChI is InChI=1S/C11H20O5/c1-2-3-4-5-6-10-14-7-9(8-15-10)16-11(12)13/h9-10H,2-8H2,1H3,(H,12,13). The molecule has 1 saturated heterocycles. The SMILES string of the molecule is CCCCCCC1OCC(OC(=O)O)CO1. The summed E-state index contributed by atoms with van der Waals surface area (Å²) in [5.41, 5.74) is 0. The molecule has 0 aromatic rings. The highest BCUT2D eigenvalue weighted by atomic mass is 16.7. The fourth-order valence-corrected chi connectivity index (χ4v) is 1.64. The van der Waals surface area contributed by atoms with E-state index in [1.54, 1.807) is 0 Å². The molecule has 0 radical (unpaired) electrons. The largest absolute Gasteiger partial charge is 0.506 e. The quantitative estimate of drug-likeness (QED) is 0.562. The van der Waals surface area contributed by atoms with E-state index in [4.69, 9.17) is 14.6 Å². The lowest BCUT2D eigenvalue weighted by molar-refractivity contribution is -0.220. The summed E-state index contributed by atoms with van der Waals surface area (Å²) in [6, 6.07) is 0. The topological polar surface area (TPSA) is 65.0 Å². The van der Waals surface area contributed by atoms with E-state index >= 15 is 0 Å². The second kappa shape index (κ2) is 7.46. The molecule has 1 rings (SSSR count). The molecular weight excluding hydrogens is 212 g/mol. The van der Waals surface area contributed by atoms with Gasteiger partial charge in [0.25, 0.3) is 0 Å². The molecule has 5 heteroatoms. The van der Waals surface area contributed by atoms with Gasteiger partial charge in [0.1, 0.15) is 0 Å². The number of rotatable bonds is 6. The van der Waals surface area contributed by atoms with Gasteiger partial charge in [-0.05, 0) is 12.8 Å². The molecule has 0 aliphatic carbocycles. The average molecular weight is 232 g/mol. The van der Waals surface area contributed by atoms with Crippen molar-refractivity contribution in [1.82, 2.24) is 0 Å². The summed E-state index contributed by atoms with van der Waals surface area (Å²) in [6.45, 7) is 2.76. The van der Waals surface area contributed by atoms with E-state index in [1.807, 2.05) is 0 Å². The summed E-state index contributed by atoms with van der Waals surface area (Å²) < 4.78 is 15.3. The van der Waals surface area contributed by atoms with Crippen molar-refractivity contribution in [2.75, 3.05) is 13.2 Å². The Hall–Kier alpha value is -0.810. The Balaban J connectivity index is 2.05. The number of carboxylic acid groups (broad SMARTS) is 1. The molecule has 5 nitrogen and oxygen atoms in total. The molecule has 0 amide bonds. The predicted molar refractivity (Wildman–Crippen MR) is 57.3 cm³/mol. The van der Waals surface area contributed by atoms with Gasteiger partial charge in [-0.25, -0.2) is 4.79 Å². The number of hydrogen-bond acceptors (Lipinski definition) is 4. The van der Waals surface area contributed by atoms with Crippen molar-refractivity contribution in [3.63, 3.8) is 0 Å². The van der Waals surface area contributed by atoms with Crippen molar-refractivity contribution in [3.05, 3.63) is 0 Å². The fraction of sp³-hybridized carbons (Fsp3) is 0.909. The van der Waals surface area contributed by atoms with E-state index in [2.05, 4.69) is 11.7 Å². The number of unbranched alkanes of at least 4 members (excludes halogenated alkanes) is 3. The van der Waals surface area contributed by atoms with Gasteiger partial charge in [-0.15, -0.1) is 0 Å². The zero-order valence-corrected chi connectivity index (χ0v) is 9.68. The molecule has 94 valence electrons. The molecule has 1 fully saturated rings. The van der Waals surface area contributed by atoms with Gasteiger partial charge in [-0.3, -0.25) is 0 Å². The zero-order chi connectivity index (χ0) is 11.8. The molecule has 1 N–H and O–H groups in total. The van der Waals surface area contributed by atoms with E-state index in [9.17, 15) is 4.79 Å². The first-order chi connectivity index (χ1) is 7.72. The lowest BCUT2D eigenvalue weighted by atomic mass is 10.1. The third kappa shape index (κ3) is 5.32. The Morgan fingerprint density at radius 3 is 2.56 bits per heavy atom. The van der Waals surface area contributed by atoms with Gasteiger partial charge in [0, 0.05) is 0 Å². The molecule has 0 aromatic heterocycles. The Kier molecular flexibility index (Phi) is 6.18. The van der Waals surface area contributed by atoms with Crippen LogP contribution >= 0.6 is 0 Å². The van der Waals surface area contributed by atoms with Crippen LogP contribution in [-0.2, 0) is 14.2 Å². The molecule has 0 aromatic carbocycles. The molecule has 1 aliphatic rings. The van der Waals surface area contributed by atoms with E-state index in [0.717, 1.165) is 12.8 Å². The Morgan fingerprint density at radius 2 is 2.00 bits per heavy atom. The highest BCUT2D eigenvalue weighted by Gasteiger charge is 2.24. The average Bonchev–Trinajstić information content (AvgIpc) is 2.26. The van der Waals surface area contributed by atoms with Crippen LogP contribution in [0, 0.1) is 0 Å². The van der Waals surface area contributed by atoms with Crippen LogP contribution in [0.5, 0.6) is 0 Å². The predicted octanol–water partition coefficient (Wildman–Crippen LogP) is 2.39. The minimum atomic E-state index is -1.28. The number of carbonyl (C=O) groups is 1. The van der Waals surface area contributed by atoms with E-state index < -0.39 is 12.3 Å². The number of hydrogen-bond donors (Lipinski definition) is 1. The first-order valence-electron chi connectivity index (χ1n) is 5.85.